The number of nitrogens with one attached hydrogen (secondary N) is 2. The Kier molecular flexibility index (Phi) is 5.90. The van der Waals surface area contributed by atoms with E-state index in [4.69, 9.17) is 11.6 Å². The molecule has 1 aromatic carbocycles. The van der Waals surface area contributed by atoms with Crippen LogP contribution in [-0.2, 0) is 17.8 Å². The van der Waals surface area contributed by atoms with Crippen molar-refractivity contribution in [1.29, 1.82) is 0 Å². The summed E-state index contributed by atoms with van der Waals surface area (Å²) in [7, 11) is 0. The lowest BCUT2D eigenvalue weighted by atomic mass is 9.95. The number of imidazole rings is 1. The topological polar surface area (TPSA) is 62.7 Å². The van der Waals surface area contributed by atoms with Crippen LogP contribution in [-0.4, -0.2) is 27.0 Å². The van der Waals surface area contributed by atoms with Crippen LogP contribution in [0.2, 0.25) is 5.02 Å². The van der Waals surface area contributed by atoms with Crippen LogP contribution in [0.1, 0.15) is 23.6 Å². The molecule has 0 radical (unpaired) electrons. The number of halogens is 1. The number of nitrogens with zero attached hydrogens (tertiary/aromatic N) is 2. The zero-order valence-corrected chi connectivity index (χ0v) is 14.6. The lowest BCUT2D eigenvalue weighted by Gasteiger charge is -2.18. The van der Waals surface area contributed by atoms with Crippen molar-refractivity contribution in [2.45, 2.75) is 25.3 Å². The van der Waals surface area contributed by atoms with Crippen LogP contribution in [0.15, 0.2) is 61.3 Å². The molecule has 0 aliphatic rings. The highest BCUT2D eigenvalue weighted by molar-refractivity contribution is 6.30. The molecule has 0 bridgehead atoms. The lowest BCUT2D eigenvalue weighted by Crippen LogP contribution is -2.28. The van der Waals surface area contributed by atoms with Crippen molar-refractivity contribution in [2.75, 3.05) is 6.54 Å². The molecule has 6 heteroatoms. The standard InChI is InChI=1S/C19H21ClN4O/c20-17-5-3-15(4-6-17)16(13-24-9-1-2-10-24)11-19(25)22-8-7-18-12-21-14-23-18/h1-6,9-10,12,14,16H,7-8,11,13H2,(H,21,23)(H,22,25)/t16-/m0/s1. The molecule has 2 aromatic heterocycles. The molecule has 2 N–H and O–H groups in total. The van der Waals surface area contributed by atoms with Gasteiger partial charge in [0.15, 0.2) is 0 Å². The van der Waals surface area contributed by atoms with E-state index in [9.17, 15) is 4.79 Å². The maximum atomic E-state index is 12.4. The quantitative estimate of drug-likeness (QED) is 0.649. The number of aromatic amines is 1. The van der Waals surface area contributed by atoms with E-state index in [-0.39, 0.29) is 11.8 Å². The molecular formula is C19H21ClN4O. The molecule has 0 aliphatic heterocycles. The molecule has 1 amide bonds. The number of amides is 1. The first-order valence-corrected chi connectivity index (χ1v) is 8.68. The Morgan fingerprint density at radius 3 is 2.68 bits per heavy atom. The molecule has 0 unspecified atom stereocenters. The highest BCUT2D eigenvalue weighted by Gasteiger charge is 2.16. The van der Waals surface area contributed by atoms with Gasteiger partial charge in [-0.15, -0.1) is 0 Å². The van der Waals surface area contributed by atoms with E-state index in [0.29, 0.717) is 18.0 Å². The van der Waals surface area contributed by atoms with Gasteiger partial charge in [0.05, 0.1) is 6.33 Å². The Balaban J connectivity index is 1.60. The predicted octanol–water partition coefficient (Wildman–Crippen LogP) is 3.40. The van der Waals surface area contributed by atoms with Gasteiger partial charge < -0.3 is 14.9 Å². The van der Waals surface area contributed by atoms with Crippen molar-refractivity contribution in [3.8, 4) is 0 Å². The van der Waals surface area contributed by atoms with Gasteiger partial charge in [-0.3, -0.25) is 4.79 Å². The van der Waals surface area contributed by atoms with E-state index in [2.05, 4.69) is 19.9 Å². The van der Waals surface area contributed by atoms with Crippen LogP contribution in [0.25, 0.3) is 0 Å². The summed E-state index contributed by atoms with van der Waals surface area (Å²) in [4.78, 5) is 19.4. The molecule has 3 rings (SSSR count). The molecule has 130 valence electrons. The second-order valence-electron chi connectivity index (χ2n) is 6.01. The second-order valence-corrected chi connectivity index (χ2v) is 6.45. The predicted molar refractivity (Wildman–Crippen MR) is 98.5 cm³/mol. The number of aromatic nitrogens is 3. The van der Waals surface area contributed by atoms with Gasteiger partial charge in [0.2, 0.25) is 5.91 Å². The first-order chi connectivity index (χ1) is 12.2. The van der Waals surface area contributed by atoms with Crippen LogP contribution in [0, 0.1) is 0 Å². The van der Waals surface area contributed by atoms with E-state index < -0.39 is 0 Å². The number of carbonyl (C=O) groups is 1. The largest absolute Gasteiger partial charge is 0.356 e. The van der Waals surface area contributed by atoms with Crippen LogP contribution < -0.4 is 5.32 Å². The maximum Gasteiger partial charge on any atom is 0.220 e. The molecule has 0 saturated carbocycles. The van der Waals surface area contributed by atoms with Gasteiger partial charge in [0, 0.05) is 61.2 Å². The van der Waals surface area contributed by atoms with Gasteiger partial charge in [-0.25, -0.2) is 4.98 Å². The van der Waals surface area contributed by atoms with Crippen molar-refractivity contribution in [1.82, 2.24) is 19.9 Å². The number of hydrogen-bond acceptors (Lipinski definition) is 2. The minimum absolute atomic E-state index is 0.0478. The van der Waals surface area contributed by atoms with Crippen LogP contribution in [0.4, 0.5) is 0 Å². The van der Waals surface area contributed by atoms with E-state index in [0.717, 1.165) is 24.2 Å². The number of H-pyrrole nitrogens is 1. The first kappa shape index (κ1) is 17.3. The Hall–Kier alpha value is -2.53. The van der Waals surface area contributed by atoms with Gasteiger partial charge in [0.1, 0.15) is 0 Å². The minimum atomic E-state index is 0.0478. The summed E-state index contributed by atoms with van der Waals surface area (Å²) >= 11 is 5.99. The zero-order valence-electron chi connectivity index (χ0n) is 13.9. The summed E-state index contributed by atoms with van der Waals surface area (Å²) in [6, 6.07) is 11.7. The Labute approximate surface area is 152 Å². The van der Waals surface area contributed by atoms with Crippen molar-refractivity contribution in [2.24, 2.45) is 0 Å². The maximum absolute atomic E-state index is 12.4. The summed E-state index contributed by atoms with van der Waals surface area (Å²) < 4.78 is 2.09. The third-order valence-electron chi connectivity index (χ3n) is 4.14. The zero-order chi connectivity index (χ0) is 17.5. The monoisotopic (exact) mass is 356 g/mol. The Morgan fingerprint density at radius 2 is 2.00 bits per heavy atom. The van der Waals surface area contributed by atoms with E-state index in [1.165, 1.54) is 0 Å². The molecule has 25 heavy (non-hydrogen) atoms. The summed E-state index contributed by atoms with van der Waals surface area (Å²) in [5.74, 6) is 0.142. The normalized spacial score (nSPS) is 12.0. The van der Waals surface area contributed by atoms with Gasteiger partial charge in [0.25, 0.3) is 0 Å². The highest BCUT2D eigenvalue weighted by atomic mass is 35.5. The minimum Gasteiger partial charge on any atom is -0.356 e. The number of hydrogen-bond donors (Lipinski definition) is 2. The number of carbonyl (C=O) groups excluding carboxylic acids is 1. The molecule has 1 atom stereocenters. The van der Waals surface area contributed by atoms with Gasteiger partial charge in [-0.05, 0) is 29.8 Å². The molecule has 0 spiro atoms. The molecule has 0 aliphatic carbocycles. The third-order valence-corrected chi connectivity index (χ3v) is 4.39. The van der Waals surface area contributed by atoms with Crippen molar-refractivity contribution in [3.05, 3.63) is 77.6 Å². The number of rotatable bonds is 8. The lowest BCUT2D eigenvalue weighted by molar-refractivity contribution is -0.121. The highest BCUT2D eigenvalue weighted by Crippen LogP contribution is 2.23. The summed E-state index contributed by atoms with van der Waals surface area (Å²) in [6.45, 7) is 1.35. The molecule has 2 heterocycles. The van der Waals surface area contributed by atoms with Crippen molar-refractivity contribution in [3.63, 3.8) is 0 Å². The van der Waals surface area contributed by atoms with Crippen molar-refractivity contribution >= 4 is 17.5 Å². The average Bonchev–Trinajstić information content (AvgIpc) is 3.29. The fraction of sp³-hybridized carbons (Fsp3) is 0.263. The SMILES string of the molecule is O=C(C[C@@H](Cn1cccc1)c1ccc(Cl)cc1)NCCc1cnc[nH]1. The molecule has 3 aromatic rings. The van der Waals surface area contributed by atoms with Gasteiger partial charge in [-0.2, -0.15) is 0 Å². The van der Waals surface area contributed by atoms with E-state index >= 15 is 0 Å². The second kappa shape index (κ2) is 8.53. The number of benzene rings is 1. The third kappa shape index (κ3) is 5.22. The van der Waals surface area contributed by atoms with E-state index in [1.807, 2.05) is 48.8 Å². The first-order valence-electron chi connectivity index (χ1n) is 8.31. The Morgan fingerprint density at radius 1 is 1.24 bits per heavy atom. The fourth-order valence-electron chi connectivity index (χ4n) is 2.82. The summed E-state index contributed by atoms with van der Waals surface area (Å²) in [5.41, 5.74) is 2.13. The van der Waals surface area contributed by atoms with E-state index in [1.54, 1.807) is 12.5 Å². The molecule has 5 nitrogen and oxygen atoms in total. The molecule has 0 saturated heterocycles. The summed E-state index contributed by atoms with van der Waals surface area (Å²) in [6.07, 6.45) is 8.62. The van der Waals surface area contributed by atoms with Crippen LogP contribution in [0.5, 0.6) is 0 Å². The van der Waals surface area contributed by atoms with Crippen molar-refractivity contribution < 1.29 is 4.79 Å². The van der Waals surface area contributed by atoms with Crippen LogP contribution in [0.3, 0.4) is 0 Å². The van der Waals surface area contributed by atoms with Gasteiger partial charge in [-0.1, -0.05) is 23.7 Å². The Bertz CT molecular complexity index is 766. The average molecular weight is 357 g/mol. The smallest absolute Gasteiger partial charge is 0.220 e. The van der Waals surface area contributed by atoms with Gasteiger partial charge >= 0.3 is 0 Å². The molecular weight excluding hydrogens is 336 g/mol. The fourth-order valence-corrected chi connectivity index (χ4v) is 2.95. The molecule has 0 fully saturated rings. The van der Waals surface area contributed by atoms with Crippen LogP contribution >= 0.6 is 11.6 Å². The summed E-state index contributed by atoms with van der Waals surface area (Å²) in [5, 5.41) is 3.69.